The summed E-state index contributed by atoms with van der Waals surface area (Å²) in [5.41, 5.74) is 1.91. The van der Waals surface area contributed by atoms with Gasteiger partial charge in [0, 0.05) is 6.54 Å². The Labute approximate surface area is 167 Å². The van der Waals surface area contributed by atoms with Crippen LogP contribution in [0.2, 0.25) is 0 Å². The fourth-order valence-corrected chi connectivity index (χ4v) is 3.39. The lowest BCUT2D eigenvalue weighted by Crippen LogP contribution is -2.41. The second kappa shape index (κ2) is 13.4. The first-order valence-electron chi connectivity index (χ1n) is 10.7. The Kier molecular flexibility index (Phi) is 11.5. The predicted octanol–water partition coefficient (Wildman–Crippen LogP) is 6.46. The summed E-state index contributed by atoms with van der Waals surface area (Å²) < 4.78 is 5.81. The van der Waals surface area contributed by atoms with Crippen molar-refractivity contribution < 1.29 is 4.74 Å². The highest BCUT2D eigenvalue weighted by Crippen LogP contribution is 2.34. The summed E-state index contributed by atoms with van der Waals surface area (Å²) in [5.74, 6) is 0.971. The molecule has 2 aromatic rings. The van der Waals surface area contributed by atoms with Gasteiger partial charge in [-0.1, -0.05) is 83.1 Å². The number of hydrogen-bond donors (Lipinski definition) is 0. The van der Waals surface area contributed by atoms with E-state index in [1.807, 2.05) is 58.0 Å². The molecular weight excluding hydrogens is 330 g/mol. The number of para-hydroxylation sites is 1. The molecule has 1 aliphatic heterocycles. The highest BCUT2D eigenvalue weighted by molar-refractivity contribution is 5.20. The number of likely N-dealkylation sites (tertiary alicyclic amines) is 1. The van der Waals surface area contributed by atoms with Crippen LogP contribution in [0.4, 0.5) is 0 Å². The van der Waals surface area contributed by atoms with Gasteiger partial charge in [0.1, 0.15) is 12.4 Å². The van der Waals surface area contributed by atoms with Crippen LogP contribution in [-0.4, -0.2) is 31.1 Å². The van der Waals surface area contributed by atoms with Crippen molar-refractivity contribution in [2.75, 3.05) is 26.2 Å². The van der Waals surface area contributed by atoms with Gasteiger partial charge in [-0.05, 0) is 55.5 Å². The molecule has 0 atom stereocenters. The molecule has 0 amide bonds. The van der Waals surface area contributed by atoms with Gasteiger partial charge in [-0.25, -0.2) is 0 Å². The first-order chi connectivity index (χ1) is 13.2. The van der Waals surface area contributed by atoms with Crippen molar-refractivity contribution >= 4 is 0 Å². The van der Waals surface area contributed by atoms with Crippen LogP contribution in [0.25, 0.3) is 0 Å². The molecule has 1 heterocycles. The minimum Gasteiger partial charge on any atom is -0.492 e. The molecule has 0 radical (unpaired) electrons. The Morgan fingerprint density at radius 2 is 1.33 bits per heavy atom. The van der Waals surface area contributed by atoms with Gasteiger partial charge in [-0.15, -0.1) is 0 Å². The van der Waals surface area contributed by atoms with Crippen LogP contribution in [0.3, 0.4) is 0 Å². The van der Waals surface area contributed by atoms with Gasteiger partial charge in [0.2, 0.25) is 0 Å². The van der Waals surface area contributed by atoms with Crippen LogP contribution in [0.15, 0.2) is 60.7 Å². The number of piperidine rings is 1. The van der Waals surface area contributed by atoms with Crippen LogP contribution in [0.1, 0.15) is 53.0 Å². The quantitative estimate of drug-likeness (QED) is 0.579. The van der Waals surface area contributed by atoms with E-state index in [1.165, 1.54) is 37.9 Å². The number of benzene rings is 2. The summed E-state index contributed by atoms with van der Waals surface area (Å²) in [7, 11) is 0. The molecule has 0 aromatic heterocycles. The van der Waals surface area contributed by atoms with Crippen molar-refractivity contribution in [2.45, 2.75) is 53.9 Å². The van der Waals surface area contributed by atoms with Crippen LogP contribution in [0.5, 0.6) is 5.75 Å². The molecule has 0 aliphatic carbocycles. The molecule has 27 heavy (non-hydrogen) atoms. The molecule has 0 unspecified atom stereocenters. The van der Waals surface area contributed by atoms with Crippen molar-refractivity contribution in [1.29, 1.82) is 0 Å². The highest BCUT2D eigenvalue weighted by Gasteiger charge is 2.29. The van der Waals surface area contributed by atoms with Crippen molar-refractivity contribution in [1.82, 2.24) is 4.90 Å². The Morgan fingerprint density at radius 1 is 0.815 bits per heavy atom. The molecule has 2 aromatic carbocycles. The maximum absolute atomic E-state index is 5.81. The summed E-state index contributed by atoms with van der Waals surface area (Å²) in [6, 6.07) is 21.0. The molecule has 2 nitrogen and oxygen atoms in total. The van der Waals surface area contributed by atoms with E-state index in [1.54, 1.807) is 0 Å². The maximum atomic E-state index is 5.81. The third kappa shape index (κ3) is 8.62. The van der Waals surface area contributed by atoms with E-state index in [2.05, 4.69) is 42.2 Å². The SMILES string of the molecule is CC.CC.CC1(Cc2ccccc2)CCN(CCOc2ccccc2)CC1. The van der Waals surface area contributed by atoms with Gasteiger partial charge in [0.05, 0.1) is 0 Å². The van der Waals surface area contributed by atoms with Crippen molar-refractivity contribution in [3.63, 3.8) is 0 Å². The highest BCUT2D eigenvalue weighted by atomic mass is 16.5. The normalized spacial score (nSPS) is 15.6. The Bertz CT molecular complexity index is 574. The van der Waals surface area contributed by atoms with E-state index in [0.29, 0.717) is 5.41 Å². The monoisotopic (exact) mass is 369 g/mol. The summed E-state index contributed by atoms with van der Waals surface area (Å²) in [6.07, 6.45) is 3.74. The van der Waals surface area contributed by atoms with Crippen molar-refractivity contribution in [2.24, 2.45) is 5.41 Å². The Morgan fingerprint density at radius 3 is 1.89 bits per heavy atom. The largest absolute Gasteiger partial charge is 0.492 e. The fourth-order valence-electron chi connectivity index (χ4n) is 3.39. The fraction of sp³-hybridized carbons (Fsp3) is 0.520. The van der Waals surface area contributed by atoms with Gasteiger partial charge >= 0.3 is 0 Å². The lowest BCUT2D eigenvalue weighted by atomic mass is 9.75. The smallest absolute Gasteiger partial charge is 0.119 e. The van der Waals surface area contributed by atoms with Gasteiger partial charge in [0.25, 0.3) is 0 Å². The molecule has 150 valence electrons. The van der Waals surface area contributed by atoms with E-state index in [4.69, 9.17) is 4.74 Å². The maximum Gasteiger partial charge on any atom is 0.119 e. The minimum atomic E-state index is 0.443. The minimum absolute atomic E-state index is 0.443. The first-order valence-corrected chi connectivity index (χ1v) is 10.7. The van der Waals surface area contributed by atoms with Crippen LogP contribution >= 0.6 is 0 Å². The van der Waals surface area contributed by atoms with Crippen molar-refractivity contribution in [3.05, 3.63) is 66.2 Å². The third-order valence-electron chi connectivity index (χ3n) is 4.96. The number of hydrogen-bond acceptors (Lipinski definition) is 2. The molecule has 1 saturated heterocycles. The second-order valence-electron chi connectivity index (χ2n) is 6.98. The van der Waals surface area contributed by atoms with Gasteiger partial charge < -0.3 is 4.74 Å². The number of ether oxygens (including phenoxy) is 1. The molecular formula is C25H39NO. The van der Waals surface area contributed by atoms with Gasteiger partial charge in [-0.3, -0.25) is 4.90 Å². The molecule has 2 heteroatoms. The Balaban J connectivity index is 0.000000855. The lowest BCUT2D eigenvalue weighted by Gasteiger charge is -2.39. The van der Waals surface area contributed by atoms with Crippen LogP contribution in [-0.2, 0) is 6.42 Å². The van der Waals surface area contributed by atoms with E-state index in [9.17, 15) is 0 Å². The summed E-state index contributed by atoms with van der Waals surface area (Å²) in [6.45, 7) is 14.6. The van der Waals surface area contributed by atoms with Gasteiger partial charge in [0.15, 0.2) is 0 Å². The standard InChI is InChI=1S/C21H27NO.2C2H6/c1-21(18-19-8-4-2-5-9-19)12-14-22(15-13-21)16-17-23-20-10-6-3-7-11-20;2*1-2/h2-11H,12-18H2,1H3;2*1-2H3. The van der Waals surface area contributed by atoms with Crippen LogP contribution in [0, 0.1) is 5.41 Å². The summed E-state index contributed by atoms with van der Waals surface area (Å²) >= 11 is 0. The zero-order valence-corrected chi connectivity index (χ0v) is 18.1. The summed E-state index contributed by atoms with van der Waals surface area (Å²) in [5, 5.41) is 0. The molecule has 1 fully saturated rings. The van der Waals surface area contributed by atoms with Crippen molar-refractivity contribution in [3.8, 4) is 5.75 Å². The molecule has 1 aliphatic rings. The van der Waals surface area contributed by atoms with E-state index in [0.717, 1.165) is 18.9 Å². The number of rotatable bonds is 6. The van der Waals surface area contributed by atoms with E-state index < -0.39 is 0 Å². The zero-order chi connectivity index (χ0) is 20.0. The molecule has 0 saturated carbocycles. The third-order valence-corrected chi connectivity index (χ3v) is 4.96. The predicted molar refractivity (Wildman–Crippen MR) is 119 cm³/mol. The van der Waals surface area contributed by atoms with E-state index >= 15 is 0 Å². The van der Waals surface area contributed by atoms with Crippen LogP contribution < -0.4 is 4.74 Å². The molecule has 0 N–H and O–H groups in total. The topological polar surface area (TPSA) is 12.5 Å². The lowest BCUT2D eigenvalue weighted by molar-refractivity contribution is 0.104. The molecule has 3 rings (SSSR count). The number of nitrogens with zero attached hydrogens (tertiary/aromatic N) is 1. The second-order valence-corrected chi connectivity index (χ2v) is 6.98. The first kappa shape index (κ1) is 23.2. The Hall–Kier alpha value is -1.80. The average Bonchev–Trinajstić information content (AvgIpc) is 2.74. The zero-order valence-electron chi connectivity index (χ0n) is 18.1. The molecule has 0 spiro atoms. The average molecular weight is 370 g/mol. The molecule has 0 bridgehead atoms. The van der Waals surface area contributed by atoms with Gasteiger partial charge in [-0.2, -0.15) is 0 Å². The summed E-state index contributed by atoms with van der Waals surface area (Å²) in [4.78, 5) is 2.54. The van der Waals surface area contributed by atoms with E-state index in [-0.39, 0.29) is 0 Å².